The van der Waals surface area contributed by atoms with Crippen LogP contribution in [0.4, 0.5) is 0 Å². The molecule has 2 N–H and O–H groups in total. The number of rotatable bonds is 5. The van der Waals surface area contributed by atoms with E-state index >= 15 is 0 Å². The van der Waals surface area contributed by atoms with Gasteiger partial charge in [-0.1, -0.05) is 6.07 Å². The molecule has 0 aromatic heterocycles. The number of benzene rings is 1. The minimum atomic E-state index is 0.0224. The molecule has 16 heavy (non-hydrogen) atoms. The predicted octanol–water partition coefficient (Wildman–Crippen LogP) is 2.50. The van der Waals surface area contributed by atoms with Crippen molar-refractivity contribution in [3.05, 3.63) is 23.8 Å². The van der Waals surface area contributed by atoms with E-state index in [2.05, 4.69) is 0 Å². The Bertz CT molecular complexity index is 359. The number of ether oxygens (including phenoxy) is 2. The van der Waals surface area contributed by atoms with Gasteiger partial charge >= 0.3 is 0 Å². The van der Waals surface area contributed by atoms with Crippen molar-refractivity contribution in [1.82, 2.24) is 0 Å². The van der Waals surface area contributed by atoms with Crippen molar-refractivity contribution < 1.29 is 9.47 Å². The largest absolute Gasteiger partial charge is 0.493 e. The van der Waals surface area contributed by atoms with Crippen molar-refractivity contribution in [1.29, 1.82) is 0 Å². The van der Waals surface area contributed by atoms with E-state index in [1.165, 1.54) is 12.8 Å². The predicted molar refractivity (Wildman–Crippen MR) is 63.8 cm³/mol. The molecule has 1 saturated carbocycles. The summed E-state index contributed by atoms with van der Waals surface area (Å²) in [6.45, 7) is 2.76. The van der Waals surface area contributed by atoms with Crippen molar-refractivity contribution in [2.75, 3.05) is 13.7 Å². The van der Waals surface area contributed by atoms with E-state index in [1.807, 2.05) is 25.1 Å². The second-order valence-corrected chi connectivity index (χ2v) is 4.45. The Hall–Kier alpha value is -1.22. The zero-order valence-electron chi connectivity index (χ0n) is 9.90. The SMILES string of the molecule is COc1ccc(C(C)N)cc1OCC1CC1. The maximum Gasteiger partial charge on any atom is 0.161 e. The normalized spacial score (nSPS) is 16.9. The molecule has 0 radical (unpaired) electrons. The van der Waals surface area contributed by atoms with Gasteiger partial charge in [0.1, 0.15) is 0 Å². The van der Waals surface area contributed by atoms with Crippen molar-refractivity contribution in [2.45, 2.75) is 25.8 Å². The quantitative estimate of drug-likeness (QED) is 0.830. The van der Waals surface area contributed by atoms with Gasteiger partial charge in [0.05, 0.1) is 13.7 Å². The van der Waals surface area contributed by atoms with Crippen LogP contribution in [0.25, 0.3) is 0 Å². The highest BCUT2D eigenvalue weighted by atomic mass is 16.5. The number of nitrogens with two attached hydrogens (primary N) is 1. The highest BCUT2D eigenvalue weighted by Crippen LogP contribution is 2.33. The molecule has 0 spiro atoms. The first-order valence-corrected chi connectivity index (χ1v) is 5.77. The Labute approximate surface area is 96.5 Å². The zero-order valence-corrected chi connectivity index (χ0v) is 9.90. The van der Waals surface area contributed by atoms with Gasteiger partial charge in [-0.15, -0.1) is 0 Å². The molecule has 0 amide bonds. The van der Waals surface area contributed by atoms with Gasteiger partial charge in [-0.2, -0.15) is 0 Å². The Balaban J connectivity index is 2.12. The third-order valence-corrected chi connectivity index (χ3v) is 2.88. The minimum Gasteiger partial charge on any atom is -0.493 e. The van der Waals surface area contributed by atoms with Gasteiger partial charge in [0.2, 0.25) is 0 Å². The van der Waals surface area contributed by atoms with Crippen LogP contribution in [-0.4, -0.2) is 13.7 Å². The molecule has 1 aromatic carbocycles. The fraction of sp³-hybridized carbons (Fsp3) is 0.538. The molecule has 1 aliphatic rings. The van der Waals surface area contributed by atoms with Gasteiger partial charge in [-0.05, 0) is 43.4 Å². The second kappa shape index (κ2) is 4.74. The molecule has 0 saturated heterocycles. The van der Waals surface area contributed by atoms with E-state index in [-0.39, 0.29) is 6.04 Å². The van der Waals surface area contributed by atoms with Gasteiger partial charge in [-0.3, -0.25) is 0 Å². The van der Waals surface area contributed by atoms with Crippen LogP contribution < -0.4 is 15.2 Å². The maximum absolute atomic E-state index is 5.85. The van der Waals surface area contributed by atoms with E-state index in [0.29, 0.717) is 0 Å². The summed E-state index contributed by atoms with van der Waals surface area (Å²) in [7, 11) is 1.66. The molecule has 1 aromatic rings. The highest BCUT2D eigenvalue weighted by Gasteiger charge is 2.22. The number of hydrogen-bond donors (Lipinski definition) is 1. The summed E-state index contributed by atoms with van der Waals surface area (Å²) in [6, 6.07) is 5.90. The van der Waals surface area contributed by atoms with Crippen LogP contribution >= 0.6 is 0 Å². The molecular formula is C13H19NO2. The molecule has 1 atom stereocenters. The highest BCUT2D eigenvalue weighted by molar-refractivity contribution is 5.43. The van der Waals surface area contributed by atoms with Crippen LogP contribution in [0.15, 0.2) is 18.2 Å². The first-order valence-electron chi connectivity index (χ1n) is 5.77. The average Bonchev–Trinajstić information content (AvgIpc) is 3.09. The fourth-order valence-corrected chi connectivity index (χ4v) is 1.58. The number of methoxy groups -OCH3 is 1. The summed E-state index contributed by atoms with van der Waals surface area (Å²) < 4.78 is 11.0. The van der Waals surface area contributed by atoms with E-state index in [1.54, 1.807) is 7.11 Å². The Morgan fingerprint density at radius 1 is 1.38 bits per heavy atom. The van der Waals surface area contributed by atoms with Crippen LogP contribution in [0.3, 0.4) is 0 Å². The summed E-state index contributed by atoms with van der Waals surface area (Å²) in [4.78, 5) is 0. The lowest BCUT2D eigenvalue weighted by Crippen LogP contribution is -2.06. The minimum absolute atomic E-state index is 0.0224. The van der Waals surface area contributed by atoms with Crippen LogP contribution in [0.2, 0.25) is 0 Å². The van der Waals surface area contributed by atoms with Crippen molar-refractivity contribution in [3.8, 4) is 11.5 Å². The molecule has 1 aliphatic carbocycles. The summed E-state index contributed by atoms with van der Waals surface area (Å²) in [5, 5.41) is 0. The zero-order chi connectivity index (χ0) is 11.5. The van der Waals surface area contributed by atoms with E-state index in [9.17, 15) is 0 Å². The standard InChI is InChI=1S/C13H19NO2/c1-9(14)11-5-6-12(15-2)13(7-11)16-8-10-3-4-10/h5-7,9-10H,3-4,8,14H2,1-2H3. The van der Waals surface area contributed by atoms with Gasteiger partial charge in [0.25, 0.3) is 0 Å². The van der Waals surface area contributed by atoms with Crippen LogP contribution in [0, 0.1) is 5.92 Å². The number of hydrogen-bond acceptors (Lipinski definition) is 3. The lowest BCUT2D eigenvalue weighted by atomic mass is 10.1. The third kappa shape index (κ3) is 2.67. The average molecular weight is 221 g/mol. The summed E-state index contributed by atoms with van der Waals surface area (Å²) in [5.41, 5.74) is 6.92. The second-order valence-electron chi connectivity index (χ2n) is 4.45. The van der Waals surface area contributed by atoms with Crippen LogP contribution in [0.1, 0.15) is 31.4 Å². The van der Waals surface area contributed by atoms with E-state index < -0.39 is 0 Å². The summed E-state index contributed by atoms with van der Waals surface area (Å²) in [6.07, 6.45) is 2.57. The first-order chi connectivity index (χ1) is 7.70. The fourth-order valence-electron chi connectivity index (χ4n) is 1.58. The van der Waals surface area contributed by atoms with Crippen LogP contribution in [-0.2, 0) is 0 Å². The molecule has 0 heterocycles. The van der Waals surface area contributed by atoms with Crippen molar-refractivity contribution >= 4 is 0 Å². The third-order valence-electron chi connectivity index (χ3n) is 2.88. The summed E-state index contributed by atoms with van der Waals surface area (Å²) >= 11 is 0. The molecule has 2 rings (SSSR count). The Morgan fingerprint density at radius 2 is 2.12 bits per heavy atom. The Kier molecular flexibility index (Phi) is 3.34. The van der Waals surface area contributed by atoms with Gasteiger partial charge in [0.15, 0.2) is 11.5 Å². The maximum atomic E-state index is 5.85. The first kappa shape index (κ1) is 11.3. The summed E-state index contributed by atoms with van der Waals surface area (Å²) in [5.74, 6) is 2.33. The molecule has 3 nitrogen and oxygen atoms in total. The Morgan fingerprint density at radius 3 is 2.69 bits per heavy atom. The smallest absolute Gasteiger partial charge is 0.161 e. The van der Waals surface area contributed by atoms with E-state index in [0.717, 1.165) is 29.6 Å². The van der Waals surface area contributed by atoms with Gasteiger partial charge in [0, 0.05) is 6.04 Å². The van der Waals surface area contributed by atoms with Gasteiger partial charge in [-0.25, -0.2) is 0 Å². The molecule has 0 bridgehead atoms. The molecule has 3 heteroatoms. The molecule has 0 aliphatic heterocycles. The van der Waals surface area contributed by atoms with Crippen LogP contribution in [0.5, 0.6) is 11.5 Å². The van der Waals surface area contributed by atoms with E-state index in [4.69, 9.17) is 15.2 Å². The topological polar surface area (TPSA) is 44.5 Å². The molecule has 1 fully saturated rings. The molecule has 88 valence electrons. The van der Waals surface area contributed by atoms with Crippen molar-refractivity contribution in [3.63, 3.8) is 0 Å². The van der Waals surface area contributed by atoms with Gasteiger partial charge < -0.3 is 15.2 Å². The molecular weight excluding hydrogens is 202 g/mol. The van der Waals surface area contributed by atoms with Crippen molar-refractivity contribution in [2.24, 2.45) is 11.7 Å². The molecule has 1 unspecified atom stereocenters. The lowest BCUT2D eigenvalue weighted by molar-refractivity contribution is 0.280. The monoisotopic (exact) mass is 221 g/mol. The lowest BCUT2D eigenvalue weighted by Gasteiger charge is -2.13.